The average molecular weight is 437 g/mol. The first-order chi connectivity index (χ1) is 13.5. The Morgan fingerprint density at radius 3 is 2.86 bits per heavy atom. The van der Waals surface area contributed by atoms with E-state index in [2.05, 4.69) is 0 Å². The summed E-state index contributed by atoms with van der Waals surface area (Å²) in [5.74, 6) is 2.27. The quantitative estimate of drug-likeness (QED) is 0.735. The van der Waals surface area contributed by atoms with Crippen molar-refractivity contribution < 1.29 is 17.9 Å². The molecule has 9 heteroatoms. The molecule has 0 aromatic heterocycles. The summed E-state index contributed by atoms with van der Waals surface area (Å²) >= 11 is 7.68. The number of hydrogen-bond acceptors (Lipinski definition) is 7. The van der Waals surface area contributed by atoms with Crippen molar-refractivity contribution in [1.29, 1.82) is 0 Å². The number of anilines is 1. The number of halogens is 1. The molecule has 2 aromatic rings. The van der Waals surface area contributed by atoms with Crippen LogP contribution in [-0.4, -0.2) is 44.0 Å². The molecule has 2 aromatic carbocycles. The fourth-order valence-electron chi connectivity index (χ4n) is 3.74. The molecule has 1 fully saturated rings. The molecule has 2 atom stereocenters. The lowest BCUT2D eigenvalue weighted by Crippen LogP contribution is -2.39. The third-order valence-electron chi connectivity index (χ3n) is 5.00. The third kappa shape index (κ3) is 3.33. The van der Waals surface area contributed by atoms with Crippen molar-refractivity contribution in [3.8, 4) is 11.5 Å². The molecular formula is C19H17ClN2O4S2. The lowest BCUT2D eigenvalue weighted by atomic mass is 10.1. The Morgan fingerprint density at radius 2 is 2.00 bits per heavy atom. The number of benzene rings is 2. The Hall–Kier alpha value is -1.90. The van der Waals surface area contributed by atoms with E-state index in [1.807, 2.05) is 47.4 Å². The molecule has 1 saturated heterocycles. The first-order valence-corrected chi connectivity index (χ1v) is 12.0. The van der Waals surface area contributed by atoms with Crippen LogP contribution in [0.1, 0.15) is 5.56 Å². The molecule has 3 heterocycles. The van der Waals surface area contributed by atoms with Crippen LogP contribution in [0.2, 0.25) is 5.02 Å². The second kappa shape index (κ2) is 6.86. The summed E-state index contributed by atoms with van der Waals surface area (Å²) in [4.78, 5) is 6.79. The van der Waals surface area contributed by atoms with Gasteiger partial charge < -0.3 is 14.4 Å². The van der Waals surface area contributed by atoms with E-state index in [0.29, 0.717) is 22.3 Å². The van der Waals surface area contributed by atoms with Crippen LogP contribution in [0, 0.1) is 0 Å². The highest BCUT2D eigenvalue weighted by atomic mass is 35.5. The Balaban J connectivity index is 1.45. The first kappa shape index (κ1) is 18.1. The molecule has 28 heavy (non-hydrogen) atoms. The fraction of sp³-hybridized carbons (Fsp3) is 0.316. The summed E-state index contributed by atoms with van der Waals surface area (Å²) in [6.07, 6.45) is 0. The molecular weight excluding hydrogens is 420 g/mol. The number of rotatable bonds is 3. The molecule has 5 rings (SSSR count). The van der Waals surface area contributed by atoms with Gasteiger partial charge in [-0.1, -0.05) is 35.5 Å². The first-order valence-electron chi connectivity index (χ1n) is 8.83. The van der Waals surface area contributed by atoms with E-state index in [-0.39, 0.29) is 30.4 Å². The SMILES string of the molecule is O=S1(=O)C[C@@H]2N=C(SCc3cccc(Cl)c3)N(c3ccc4c(c3)OCO4)[C@@H]2C1. The Morgan fingerprint density at radius 1 is 1.14 bits per heavy atom. The van der Waals surface area contributed by atoms with Gasteiger partial charge in [0.1, 0.15) is 0 Å². The lowest BCUT2D eigenvalue weighted by molar-refractivity contribution is 0.174. The van der Waals surface area contributed by atoms with Crippen LogP contribution >= 0.6 is 23.4 Å². The number of ether oxygens (including phenoxy) is 2. The minimum absolute atomic E-state index is 0.0972. The van der Waals surface area contributed by atoms with Crippen molar-refractivity contribution >= 4 is 44.1 Å². The monoisotopic (exact) mass is 436 g/mol. The second-order valence-electron chi connectivity index (χ2n) is 6.95. The van der Waals surface area contributed by atoms with Crippen molar-refractivity contribution in [2.45, 2.75) is 17.8 Å². The van der Waals surface area contributed by atoms with Crippen LogP contribution in [0.25, 0.3) is 0 Å². The summed E-state index contributed by atoms with van der Waals surface area (Å²) < 4.78 is 35.2. The largest absolute Gasteiger partial charge is 0.454 e. The number of amidine groups is 1. The van der Waals surface area contributed by atoms with Gasteiger partial charge in [0.25, 0.3) is 0 Å². The van der Waals surface area contributed by atoms with Gasteiger partial charge in [-0.3, -0.25) is 4.99 Å². The Bertz CT molecular complexity index is 1070. The minimum atomic E-state index is -3.09. The van der Waals surface area contributed by atoms with Crippen molar-refractivity contribution in [3.63, 3.8) is 0 Å². The zero-order valence-corrected chi connectivity index (χ0v) is 17.1. The molecule has 0 N–H and O–H groups in total. The molecule has 0 spiro atoms. The molecule has 0 saturated carbocycles. The molecule has 3 aliphatic heterocycles. The number of fused-ring (bicyclic) bond motifs is 2. The van der Waals surface area contributed by atoms with Crippen molar-refractivity contribution in [3.05, 3.63) is 53.1 Å². The van der Waals surface area contributed by atoms with Crippen LogP contribution in [0.15, 0.2) is 47.5 Å². The number of thioether (sulfide) groups is 1. The molecule has 0 amide bonds. The van der Waals surface area contributed by atoms with Gasteiger partial charge in [-0.25, -0.2) is 8.42 Å². The van der Waals surface area contributed by atoms with E-state index >= 15 is 0 Å². The Labute approximate surface area is 172 Å². The van der Waals surface area contributed by atoms with Gasteiger partial charge in [0.15, 0.2) is 26.5 Å². The highest BCUT2D eigenvalue weighted by molar-refractivity contribution is 8.13. The number of sulfone groups is 1. The molecule has 0 bridgehead atoms. The number of nitrogens with zero attached hydrogens (tertiary/aromatic N) is 2. The van der Waals surface area contributed by atoms with Crippen molar-refractivity contribution in [2.75, 3.05) is 23.2 Å². The fourth-order valence-corrected chi connectivity index (χ4v) is 6.87. The summed E-state index contributed by atoms with van der Waals surface area (Å²) in [7, 11) is -3.09. The van der Waals surface area contributed by atoms with E-state index in [4.69, 9.17) is 26.1 Å². The standard InChI is InChI=1S/C19H17ClN2O4S2/c20-13-3-1-2-12(6-13)8-27-19-21-15-9-28(23,24)10-16(15)22(19)14-4-5-17-18(7-14)26-11-25-17/h1-7,15-16H,8-11H2/t15-,16+/m0/s1. The maximum absolute atomic E-state index is 12.2. The van der Waals surface area contributed by atoms with Crippen LogP contribution in [0.3, 0.4) is 0 Å². The molecule has 0 radical (unpaired) electrons. The third-order valence-corrected chi connectivity index (χ3v) is 7.97. The van der Waals surface area contributed by atoms with Gasteiger partial charge >= 0.3 is 0 Å². The molecule has 6 nitrogen and oxygen atoms in total. The lowest BCUT2D eigenvalue weighted by Gasteiger charge is -2.26. The van der Waals surface area contributed by atoms with Crippen LogP contribution in [0.4, 0.5) is 5.69 Å². The molecule has 3 aliphatic rings. The number of hydrogen-bond donors (Lipinski definition) is 0. The van der Waals surface area contributed by atoms with Gasteiger partial charge in [-0.05, 0) is 29.8 Å². The van der Waals surface area contributed by atoms with Crippen LogP contribution in [0.5, 0.6) is 11.5 Å². The van der Waals surface area contributed by atoms with Crippen molar-refractivity contribution in [1.82, 2.24) is 0 Å². The van der Waals surface area contributed by atoms with Gasteiger partial charge in [-0.15, -0.1) is 0 Å². The van der Waals surface area contributed by atoms with E-state index < -0.39 is 9.84 Å². The highest BCUT2D eigenvalue weighted by Gasteiger charge is 2.47. The zero-order valence-electron chi connectivity index (χ0n) is 14.7. The maximum atomic E-state index is 12.2. The van der Waals surface area contributed by atoms with Gasteiger partial charge in [0, 0.05) is 22.5 Å². The summed E-state index contributed by atoms with van der Waals surface area (Å²) in [6, 6.07) is 13.0. The summed E-state index contributed by atoms with van der Waals surface area (Å²) in [6.45, 7) is 0.198. The predicted octanol–water partition coefficient (Wildman–Crippen LogP) is 3.34. The minimum Gasteiger partial charge on any atom is -0.454 e. The smallest absolute Gasteiger partial charge is 0.231 e. The van der Waals surface area contributed by atoms with Crippen LogP contribution in [-0.2, 0) is 15.6 Å². The second-order valence-corrected chi connectivity index (χ2v) is 10.5. The zero-order chi connectivity index (χ0) is 19.3. The summed E-state index contributed by atoms with van der Waals surface area (Å²) in [5, 5.41) is 1.52. The maximum Gasteiger partial charge on any atom is 0.231 e. The topological polar surface area (TPSA) is 68.2 Å². The normalized spacial score (nSPS) is 24.3. The van der Waals surface area contributed by atoms with Gasteiger partial charge in [-0.2, -0.15) is 0 Å². The number of aliphatic imine (C=N–C) groups is 1. The molecule has 0 aliphatic carbocycles. The van der Waals surface area contributed by atoms with Gasteiger partial charge in [0.2, 0.25) is 6.79 Å². The van der Waals surface area contributed by atoms with Crippen molar-refractivity contribution in [2.24, 2.45) is 4.99 Å². The van der Waals surface area contributed by atoms with E-state index in [1.165, 1.54) is 0 Å². The molecule has 0 unspecified atom stereocenters. The van der Waals surface area contributed by atoms with E-state index in [0.717, 1.165) is 16.4 Å². The van der Waals surface area contributed by atoms with Crippen LogP contribution < -0.4 is 14.4 Å². The highest BCUT2D eigenvalue weighted by Crippen LogP contribution is 2.41. The summed E-state index contributed by atoms with van der Waals surface area (Å²) in [5.41, 5.74) is 1.96. The molecule has 146 valence electrons. The van der Waals surface area contributed by atoms with Gasteiger partial charge in [0.05, 0.1) is 23.6 Å². The predicted molar refractivity (Wildman–Crippen MR) is 111 cm³/mol. The van der Waals surface area contributed by atoms with E-state index in [9.17, 15) is 8.42 Å². The Kier molecular flexibility index (Phi) is 4.45. The van der Waals surface area contributed by atoms with E-state index in [1.54, 1.807) is 11.8 Å². The average Bonchev–Trinajstić information content (AvgIpc) is 3.31.